The summed E-state index contributed by atoms with van der Waals surface area (Å²) in [6.07, 6.45) is 3.56. The molecule has 4 heteroatoms. The van der Waals surface area contributed by atoms with E-state index in [1.807, 2.05) is 19.9 Å². The number of allylic oxidation sites excluding steroid dienone is 1. The Morgan fingerprint density at radius 2 is 2.26 bits per heavy atom. The van der Waals surface area contributed by atoms with Crippen LogP contribution in [0.1, 0.15) is 33.1 Å². The third-order valence-corrected chi connectivity index (χ3v) is 4.58. The van der Waals surface area contributed by atoms with Crippen LogP contribution in [0.15, 0.2) is 23.8 Å². The van der Waals surface area contributed by atoms with E-state index >= 15 is 0 Å². The van der Waals surface area contributed by atoms with Gasteiger partial charge in [-0.1, -0.05) is 12.2 Å². The molecule has 2 heterocycles. The minimum absolute atomic E-state index is 0.216. The number of epoxide rings is 1. The Balaban J connectivity index is 1.92. The number of hydrogen-bond acceptors (Lipinski definition) is 4. The molecule has 0 unspecified atom stereocenters. The number of fused-ring (bicyclic) bond motifs is 2. The van der Waals surface area contributed by atoms with Gasteiger partial charge in [0.1, 0.15) is 6.10 Å². The van der Waals surface area contributed by atoms with E-state index in [0.717, 1.165) is 12.8 Å². The van der Waals surface area contributed by atoms with Gasteiger partial charge < -0.3 is 14.6 Å². The maximum absolute atomic E-state index is 11.7. The highest BCUT2D eigenvalue weighted by atomic mass is 16.6. The lowest BCUT2D eigenvalue weighted by molar-refractivity contribution is -0.137. The predicted octanol–water partition coefficient (Wildman–Crippen LogP) is 1.73. The lowest BCUT2D eigenvalue weighted by Gasteiger charge is -2.24. The molecule has 2 aliphatic heterocycles. The molecular formula is C15H20O4. The highest BCUT2D eigenvalue weighted by Crippen LogP contribution is 2.46. The predicted molar refractivity (Wildman–Crippen MR) is 69.4 cm³/mol. The smallest absolute Gasteiger partial charge is 0.334 e. The zero-order chi connectivity index (χ0) is 13.8. The van der Waals surface area contributed by atoms with Crippen LogP contribution in [0.5, 0.6) is 0 Å². The molecule has 0 amide bonds. The van der Waals surface area contributed by atoms with E-state index in [1.165, 1.54) is 5.57 Å². The van der Waals surface area contributed by atoms with Crippen molar-refractivity contribution in [3.63, 3.8) is 0 Å². The molecule has 0 aromatic rings. The molecule has 0 saturated carbocycles. The third-order valence-electron chi connectivity index (χ3n) is 4.58. The van der Waals surface area contributed by atoms with Gasteiger partial charge >= 0.3 is 5.97 Å². The van der Waals surface area contributed by atoms with Crippen molar-refractivity contribution in [1.29, 1.82) is 0 Å². The van der Waals surface area contributed by atoms with E-state index in [2.05, 4.69) is 6.58 Å². The quantitative estimate of drug-likeness (QED) is 0.313. The fraction of sp³-hybridized carbons (Fsp3) is 0.667. The largest absolute Gasteiger partial charge is 0.454 e. The highest BCUT2D eigenvalue weighted by Gasteiger charge is 2.55. The Kier molecular flexibility index (Phi) is 2.84. The van der Waals surface area contributed by atoms with Gasteiger partial charge in [0.2, 0.25) is 0 Å². The molecule has 5 atom stereocenters. The van der Waals surface area contributed by atoms with E-state index in [1.54, 1.807) is 0 Å². The van der Waals surface area contributed by atoms with Crippen molar-refractivity contribution in [2.75, 3.05) is 0 Å². The summed E-state index contributed by atoms with van der Waals surface area (Å²) in [4.78, 5) is 11.7. The van der Waals surface area contributed by atoms with Crippen LogP contribution in [-0.4, -0.2) is 35.0 Å². The van der Waals surface area contributed by atoms with Gasteiger partial charge in [-0.25, -0.2) is 4.79 Å². The molecule has 2 fully saturated rings. The molecule has 19 heavy (non-hydrogen) atoms. The minimum Gasteiger partial charge on any atom is -0.454 e. The number of rotatable bonds is 0. The summed E-state index contributed by atoms with van der Waals surface area (Å²) >= 11 is 0. The number of ether oxygens (including phenoxy) is 2. The molecule has 3 rings (SSSR count). The van der Waals surface area contributed by atoms with E-state index < -0.39 is 12.1 Å². The molecule has 2 saturated heterocycles. The summed E-state index contributed by atoms with van der Waals surface area (Å²) in [5.74, 6) is -0.738. The van der Waals surface area contributed by atoms with E-state index in [-0.39, 0.29) is 23.7 Å². The van der Waals surface area contributed by atoms with Crippen molar-refractivity contribution in [3.8, 4) is 0 Å². The molecule has 3 aliphatic rings. The summed E-state index contributed by atoms with van der Waals surface area (Å²) in [6.45, 7) is 7.83. The molecule has 0 aromatic carbocycles. The number of carbonyl (C=O) groups excluding carboxylic acids is 1. The van der Waals surface area contributed by atoms with Crippen LogP contribution in [0.3, 0.4) is 0 Å². The van der Waals surface area contributed by atoms with Crippen LogP contribution >= 0.6 is 0 Å². The fourth-order valence-electron chi connectivity index (χ4n) is 3.30. The molecule has 0 spiro atoms. The van der Waals surface area contributed by atoms with Crippen LogP contribution in [0, 0.1) is 5.92 Å². The molecule has 0 radical (unpaired) electrons. The summed E-state index contributed by atoms with van der Waals surface area (Å²) < 4.78 is 11.0. The summed E-state index contributed by atoms with van der Waals surface area (Å²) in [7, 11) is 0. The number of esters is 1. The van der Waals surface area contributed by atoms with Gasteiger partial charge in [-0.05, 0) is 32.8 Å². The van der Waals surface area contributed by atoms with Crippen molar-refractivity contribution in [2.45, 2.75) is 57.0 Å². The van der Waals surface area contributed by atoms with Gasteiger partial charge in [0.05, 0.1) is 23.7 Å². The standard InChI is InChI=1S/C15H20O4/c1-8-4-5-12-15(3,19-12)7-10(16)13-9(2)14(17)18-11(13)6-8/h6,10-13,16H,2,4-5,7H2,1,3H3/b8-6+/t10-,11+,12-,13+,15+/m0/s1. The van der Waals surface area contributed by atoms with Gasteiger partial charge in [-0.2, -0.15) is 0 Å². The first-order valence-corrected chi connectivity index (χ1v) is 6.84. The Morgan fingerprint density at radius 1 is 1.53 bits per heavy atom. The number of hydrogen-bond donors (Lipinski definition) is 1. The van der Waals surface area contributed by atoms with Crippen LogP contribution in [-0.2, 0) is 14.3 Å². The van der Waals surface area contributed by atoms with Crippen molar-refractivity contribution < 1.29 is 19.4 Å². The molecular weight excluding hydrogens is 244 g/mol. The molecule has 4 nitrogen and oxygen atoms in total. The Labute approximate surface area is 113 Å². The zero-order valence-corrected chi connectivity index (χ0v) is 11.4. The van der Waals surface area contributed by atoms with Gasteiger partial charge in [0.25, 0.3) is 0 Å². The maximum atomic E-state index is 11.7. The average molecular weight is 264 g/mol. The van der Waals surface area contributed by atoms with Gasteiger partial charge in [-0.15, -0.1) is 0 Å². The van der Waals surface area contributed by atoms with Crippen molar-refractivity contribution in [2.24, 2.45) is 5.92 Å². The second-order valence-corrected chi connectivity index (χ2v) is 6.16. The van der Waals surface area contributed by atoms with Gasteiger partial charge in [0.15, 0.2) is 0 Å². The first-order valence-electron chi connectivity index (χ1n) is 6.84. The van der Waals surface area contributed by atoms with Crippen molar-refractivity contribution in [1.82, 2.24) is 0 Å². The highest BCUT2D eigenvalue weighted by molar-refractivity contribution is 5.91. The number of carbonyl (C=O) groups is 1. The van der Waals surface area contributed by atoms with Crippen LogP contribution in [0.4, 0.5) is 0 Å². The normalized spacial score (nSPS) is 48.7. The second-order valence-electron chi connectivity index (χ2n) is 6.16. The Hall–Kier alpha value is -1.13. The number of aliphatic hydroxyl groups excluding tert-OH is 1. The SMILES string of the molecule is C=C1C(=O)O[C@@H]2/C=C(\C)CC[C@@H]3O[C@]3(C)C[C@H](O)[C@@H]12. The Morgan fingerprint density at radius 3 is 3.00 bits per heavy atom. The monoisotopic (exact) mass is 264 g/mol. The maximum Gasteiger partial charge on any atom is 0.334 e. The molecule has 1 N–H and O–H groups in total. The topological polar surface area (TPSA) is 59.1 Å². The molecule has 1 aliphatic carbocycles. The van der Waals surface area contributed by atoms with E-state index in [0.29, 0.717) is 12.0 Å². The third kappa shape index (κ3) is 2.13. The second kappa shape index (κ2) is 4.18. The van der Waals surface area contributed by atoms with Crippen LogP contribution in [0.2, 0.25) is 0 Å². The van der Waals surface area contributed by atoms with E-state index in [4.69, 9.17) is 9.47 Å². The molecule has 0 bridgehead atoms. The van der Waals surface area contributed by atoms with Crippen LogP contribution < -0.4 is 0 Å². The number of aliphatic hydroxyl groups is 1. The van der Waals surface area contributed by atoms with Gasteiger partial charge in [0, 0.05) is 12.0 Å². The first kappa shape index (κ1) is 12.9. The average Bonchev–Trinajstić information content (AvgIpc) is 2.86. The summed E-state index contributed by atoms with van der Waals surface area (Å²) in [5.41, 5.74) is 1.29. The molecule has 104 valence electrons. The summed E-state index contributed by atoms with van der Waals surface area (Å²) in [5, 5.41) is 10.4. The summed E-state index contributed by atoms with van der Waals surface area (Å²) in [6, 6.07) is 0. The van der Waals surface area contributed by atoms with Crippen molar-refractivity contribution in [3.05, 3.63) is 23.8 Å². The fourth-order valence-corrected chi connectivity index (χ4v) is 3.30. The lowest BCUT2D eigenvalue weighted by Crippen LogP contribution is -2.33. The van der Waals surface area contributed by atoms with Crippen LogP contribution in [0.25, 0.3) is 0 Å². The first-order chi connectivity index (χ1) is 8.90. The molecule has 0 aromatic heterocycles. The van der Waals surface area contributed by atoms with Gasteiger partial charge in [-0.3, -0.25) is 0 Å². The minimum atomic E-state index is -0.652. The van der Waals surface area contributed by atoms with E-state index in [9.17, 15) is 9.90 Å². The lowest BCUT2D eigenvalue weighted by atomic mass is 9.83. The zero-order valence-electron chi connectivity index (χ0n) is 11.4. The van der Waals surface area contributed by atoms with Crippen molar-refractivity contribution >= 4 is 5.97 Å². The Bertz CT molecular complexity index is 467.